The predicted molar refractivity (Wildman–Crippen MR) is 43.2 cm³/mol. The van der Waals surface area contributed by atoms with Crippen molar-refractivity contribution in [2.24, 2.45) is 0 Å². The van der Waals surface area contributed by atoms with Crippen LogP contribution in [0.5, 0.6) is 0 Å². The smallest absolute Gasteiger partial charge is 0.0104 e. The van der Waals surface area contributed by atoms with Crippen LogP contribution >= 0.6 is 0 Å². The Balaban J connectivity index is -0.000000333. The van der Waals surface area contributed by atoms with E-state index in [2.05, 4.69) is 22.6 Å². The third-order valence-electron chi connectivity index (χ3n) is 1.82. The number of halogens is 2. The van der Waals surface area contributed by atoms with Gasteiger partial charge in [0.2, 0.25) is 0 Å². The van der Waals surface area contributed by atoms with Crippen LogP contribution in [0.3, 0.4) is 0 Å². The van der Waals surface area contributed by atoms with Gasteiger partial charge in [-0.15, -0.1) is 0 Å². The van der Waals surface area contributed by atoms with Crippen LogP contribution in [0.2, 0.25) is 0 Å². The summed E-state index contributed by atoms with van der Waals surface area (Å²) in [7, 11) is 2.16. The number of hydrogen-bond donors (Lipinski definition) is 2. The molecule has 1 saturated heterocycles. The molecule has 0 bridgehead atoms. The van der Waals surface area contributed by atoms with Gasteiger partial charge in [0, 0.05) is 61.0 Å². The first kappa shape index (κ1) is 19.7. The third kappa shape index (κ3) is 11.1. The first-order chi connectivity index (χ1) is 4.89. The Morgan fingerprint density at radius 1 is 0.846 bits per heavy atom. The summed E-state index contributed by atoms with van der Waals surface area (Å²) in [5, 5.41) is 6.71. The van der Waals surface area contributed by atoms with Crippen LogP contribution in [0.15, 0.2) is 0 Å². The van der Waals surface area contributed by atoms with Crippen molar-refractivity contribution in [3.63, 3.8) is 0 Å². The van der Waals surface area contributed by atoms with Gasteiger partial charge in [-0.25, -0.2) is 0 Å². The van der Waals surface area contributed by atoms with Gasteiger partial charge in [-0.3, -0.25) is 0 Å². The minimum absolute atomic E-state index is 0. The van der Waals surface area contributed by atoms with Gasteiger partial charge in [0.05, 0.1) is 0 Å². The molecule has 13 heavy (non-hydrogen) atoms. The maximum Gasteiger partial charge on any atom is 0.0104 e. The van der Waals surface area contributed by atoms with Crippen molar-refractivity contribution in [3.05, 3.63) is 0 Å². The molecule has 0 aromatic carbocycles. The summed E-state index contributed by atoms with van der Waals surface area (Å²) >= 11 is 0. The Hall–Kier alpha value is 1.17. The van der Waals surface area contributed by atoms with Crippen molar-refractivity contribution < 1.29 is 46.5 Å². The van der Waals surface area contributed by atoms with Crippen molar-refractivity contribution in [2.45, 2.75) is 0 Å². The van der Waals surface area contributed by atoms with Gasteiger partial charge in [0.1, 0.15) is 0 Å². The second-order valence-electron chi connectivity index (χ2n) is 2.80. The first-order valence-electron chi connectivity index (χ1n) is 3.99. The van der Waals surface area contributed by atoms with Crippen molar-refractivity contribution in [3.8, 4) is 0 Å². The number of hydrogen-bond acceptors (Lipinski definition) is 3. The molecular formula is C7H17Cl2N3Ti-2. The van der Waals surface area contributed by atoms with Gasteiger partial charge in [-0.2, -0.15) is 0 Å². The van der Waals surface area contributed by atoms with E-state index in [1.807, 2.05) is 0 Å². The fraction of sp³-hybridized carbons (Fsp3) is 1.00. The Kier molecular flexibility index (Phi) is 20.0. The zero-order chi connectivity index (χ0) is 7.23. The molecule has 0 spiro atoms. The van der Waals surface area contributed by atoms with Gasteiger partial charge in [0.15, 0.2) is 0 Å². The molecular weight excluding hydrogens is 245 g/mol. The molecule has 1 heterocycles. The van der Waals surface area contributed by atoms with Crippen LogP contribution in [0, 0.1) is 0 Å². The van der Waals surface area contributed by atoms with Crippen LogP contribution in [0.4, 0.5) is 0 Å². The number of nitrogens with zero attached hydrogens (tertiary/aromatic N) is 1. The fourth-order valence-electron chi connectivity index (χ4n) is 1.08. The zero-order valence-corrected chi connectivity index (χ0v) is 11.0. The molecule has 1 aliphatic heterocycles. The van der Waals surface area contributed by atoms with Crippen molar-refractivity contribution in [2.75, 3.05) is 46.3 Å². The van der Waals surface area contributed by atoms with Gasteiger partial charge in [-0.1, -0.05) is 0 Å². The normalized spacial score (nSPS) is 19.2. The molecule has 0 atom stereocenters. The topological polar surface area (TPSA) is 27.3 Å². The van der Waals surface area contributed by atoms with Gasteiger partial charge in [-0.05, 0) is 7.05 Å². The Morgan fingerprint density at radius 3 is 1.62 bits per heavy atom. The van der Waals surface area contributed by atoms with E-state index in [4.69, 9.17) is 0 Å². The summed E-state index contributed by atoms with van der Waals surface area (Å²) in [6, 6.07) is 0. The summed E-state index contributed by atoms with van der Waals surface area (Å²) in [5.74, 6) is 0. The average Bonchev–Trinajstić information content (AvgIpc) is 2.02. The van der Waals surface area contributed by atoms with E-state index in [1.54, 1.807) is 0 Å². The van der Waals surface area contributed by atoms with Gasteiger partial charge >= 0.3 is 0 Å². The summed E-state index contributed by atoms with van der Waals surface area (Å²) in [5.41, 5.74) is 0. The summed E-state index contributed by atoms with van der Waals surface area (Å²) < 4.78 is 0. The fourth-order valence-corrected chi connectivity index (χ4v) is 1.08. The Bertz CT molecular complexity index is 87.8. The molecule has 0 aromatic heterocycles. The summed E-state index contributed by atoms with van der Waals surface area (Å²) in [4.78, 5) is 2.34. The van der Waals surface area contributed by atoms with E-state index >= 15 is 0 Å². The molecule has 2 N–H and O–H groups in total. The molecule has 0 aliphatic carbocycles. The Morgan fingerprint density at radius 2 is 1.23 bits per heavy atom. The molecule has 80 valence electrons. The van der Waals surface area contributed by atoms with Crippen LogP contribution in [0.25, 0.3) is 0 Å². The zero-order valence-electron chi connectivity index (χ0n) is 7.95. The minimum atomic E-state index is 0. The summed E-state index contributed by atoms with van der Waals surface area (Å²) in [6.07, 6.45) is 0. The molecule has 6 heteroatoms. The molecule has 0 amide bonds. The molecule has 1 fully saturated rings. The summed E-state index contributed by atoms with van der Waals surface area (Å²) in [6.45, 7) is 6.79. The number of likely N-dealkylation sites (N-methyl/N-ethyl adjacent to an activating group) is 1. The number of rotatable bonds is 0. The van der Waals surface area contributed by atoms with Crippen molar-refractivity contribution >= 4 is 0 Å². The third-order valence-corrected chi connectivity index (χ3v) is 1.82. The standard InChI is InChI=1S/C7H17N3.2ClH.Ti/c1-10-6-4-8-2-3-9-5-7-10;;;/h8-9H,2-7H2,1H3;2*1H;/p-2. The van der Waals surface area contributed by atoms with E-state index < -0.39 is 0 Å². The van der Waals surface area contributed by atoms with E-state index in [1.165, 1.54) is 13.1 Å². The van der Waals surface area contributed by atoms with Crippen molar-refractivity contribution in [1.29, 1.82) is 0 Å². The first-order valence-corrected chi connectivity index (χ1v) is 3.99. The molecule has 1 aliphatic rings. The monoisotopic (exact) mass is 261 g/mol. The molecule has 1 rings (SSSR count). The van der Waals surface area contributed by atoms with Crippen molar-refractivity contribution in [1.82, 2.24) is 15.5 Å². The Labute approximate surface area is 108 Å². The van der Waals surface area contributed by atoms with E-state index in [0.717, 1.165) is 26.2 Å². The second-order valence-corrected chi connectivity index (χ2v) is 2.80. The molecule has 0 saturated carbocycles. The molecule has 0 aromatic rings. The van der Waals surface area contributed by atoms with Crippen LogP contribution in [0.1, 0.15) is 0 Å². The maximum atomic E-state index is 3.35. The van der Waals surface area contributed by atoms with E-state index in [0.29, 0.717) is 0 Å². The maximum absolute atomic E-state index is 3.35. The van der Waals surface area contributed by atoms with E-state index in [9.17, 15) is 0 Å². The number of nitrogens with one attached hydrogen (secondary N) is 2. The van der Waals surface area contributed by atoms with Crippen LogP contribution in [-0.2, 0) is 21.7 Å². The molecule has 0 unspecified atom stereocenters. The SMILES string of the molecule is CN1CCNCCNCC1.[Cl-].[Cl-].[Ti]. The predicted octanol–water partition coefficient (Wildman–Crippen LogP) is -6.88. The molecule has 0 radical (unpaired) electrons. The van der Waals surface area contributed by atoms with Crippen LogP contribution in [-0.4, -0.2) is 51.2 Å². The average molecular weight is 262 g/mol. The van der Waals surface area contributed by atoms with E-state index in [-0.39, 0.29) is 46.5 Å². The molecule has 3 nitrogen and oxygen atoms in total. The van der Waals surface area contributed by atoms with Crippen LogP contribution < -0.4 is 35.4 Å². The second kappa shape index (κ2) is 13.2. The van der Waals surface area contributed by atoms with Gasteiger partial charge < -0.3 is 40.3 Å². The minimum Gasteiger partial charge on any atom is -1.00 e. The quantitative estimate of drug-likeness (QED) is 0.425. The van der Waals surface area contributed by atoms with Gasteiger partial charge in [0.25, 0.3) is 0 Å². The largest absolute Gasteiger partial charge is 1.00 e.